The maximum atomic E-state index is 11.8. The highest BCUT2D eigenvalue weighted by Gasteiger charge is 2.61. The zero-order valence-electron chi connectivity index (χ0n) is 14.1. The minimum absolute atomic E-state index is 0.456. The highest BCUT2D eigenvalue weighted by atomic mass is 31.2. The molecule has 2 heterocycles. The first-order valence-electron chi connectivity index (χ1n) is 7.93. The lowest BCUT2D eigenvalue weighted by Gasteiger charge is -2.39. The summed E-state index contributed by atoms with van der Waals surface area (Å²) in [7, 11) is -11.2. The van der Waals surface area contributed by atoms with Gasteiger partial charge in [0.05, 0.1) is 5.54 Å². The van der Waals surface area contributed by atoms with Crippen LogP contribution in [-0.2, 0) is 9.13 Å². The molecule has 0 aromatic carbocycles. The number of hydrogen-bond donors (Lipinski definition) is 5. The van der Waals surface area contributed by atoms with E-state index in [1.807, 2.05) is 6.92 Å². The number of aliphatic hydroxyl groups is 1. The van der Waals surface area contributed by atoms with Gasteiger partial charge in [-0.15, -0.1) is 0 Å². The van der Waals surface area contributed by atoms with Crippen LogP contribution in [0.4, 0.5) is 0 Å². The van der Waals surface area contributed by atoms with Gasteiger partial charge in [-0.3, -0.25) is 19.1 Å². The monoisotopic (exact) mass is 404 g/mol. The summed E-state index contributed by atoms with van der Waals surface area (Å²) < 4.78 is 23.6. The molecule has 2 atom stereocenters. The van der Waals surface area contributed by atoms with Crippen molar-refractivity contribution < 1.29 is 33.8 Å². The average Bonchev–Trinajstić information content (AvgIpc) is 3.01. The molecule has 0 spiro atoms. The van der Waals surface area contributed by atoms with Crippen LogP contribution in [0.15, 0.2) is 41.7 Å². The smallest absolute Gasteiger partial charge is 0.368 e. The summed E-state index contributed by atoms with van der Waals surface area (Å²) in [5, 5.41) is 6.92. The Labute approximate surface area is 150 Å². The molecule has 26 heavy (non-hydrogen) atoms. The molecular weight excluding hydrogens is 382 g/mol. The molecule has 0 fully saturated rings. The van der Waals surface area contributed by atoms with E-state index < -0.39 is 38.2 Å². The molecule has 2 rings (SSSR count). The maximum Gasteiger partial charge on any atom is 0.369 e. The van der Waals surface area contributed by atoms with E-state index >= 15 is 0 Å². The van der Waals surface area contributed by atoms with Crippen molar-refractivity contribution in [1.29, 1.82) is 0 Å². The first-order valence-corrected chi connectivity index (χ1v) is 11.2. The second-order valence-corrected chi connectivity index (χ2v) is 10.3. The van der Waals surface area contributed by atoms with Gasteiger partial charge in [-0.1, -0.05) is 25.5 Å². The molecule has 2 unspecified atom stereocenters. The lowest BCUT2D eigenvalue weighted by atomic mass is 9.75. The maximum absolute atomic E-state index is 11.8. The first-order chi connectivity index (χ1) is 12.0. The number of rotatable bonds is 8. The van der Waals surface area contributed by atoms with E-state index in [0.29, 0.717) is 18.4 Å². The number of nitrogens with zero attached hydrogens (tertiary/aromatic N) is 2. The molecule has 9 nitrogen and oxygen atoms in total. The van der Waals surface area contributed by atoms with E-state index in [2.05, 4.69) is 9.98 Å². The molecular formula is C15H22N2O7P2. The number of aromatic nitrogens is 1. The predicted octanol–water partition coefficient (Wildman–Crippen LogP) is 1.74. The Hall–Kier alpha value is -1.18. The Kier molecular flexibility index (Phi) is 6.05. The van der Waals surface area contributed by atoms with E-state index in [0.717, 1.165) is 0 Å². The largest absolute Gasteiger partial charge is 0.369 e. The molecule has 0 aliphatic carbocycles. The average molecular weight is 404 g/mol. The highest BCUT2D eigenvalue weighted by molar-refractivity contribution is 7.72. The molecule has 1 aliphatic rings. The number of allylic oxidation sites excluding steroid dienone is 1. The van der Waals surface area contributed by atoms with Gasteiger partial charge >= 0.3 is 15.2 Å². The summed E-state index contributed by atoms with van der Waals surface area (Å²) in [6.45, 7) is 1.89. The normalized spacial score (nSPS) is 21.9. The minimum Gasteiger partial charge on any atom is -0.368 e. The molecule has 0 saturated carbocycles. The van der Waals surface area contributed by atoms with Crippen LogP contribution in [0.3, 0.4) is 0 Å². The summed E-state index contributed by atoms with van der Waals surface area (Å²) in [4.78, 5) is 46.5. The topological polar surface area (TPSA) is 161 Å². The van der Waals surface area contributed by atoms with Crippen LogP contribution in [0.25, 0.3) is 0 Å². The van der Waals surface area contributed by atoms with Crippen LogP contribution in [0, 0.1) is 0 Å². The van der Waals surface area contributed by atoms with Crippen LogP contribution in [0.1, 0.15) is 37.7 Å². The Morgan fingerprint density at radius 2 is 1.88 bits per heavy atom. The molecule has 0 radical (unpaired) electrons. The van der Waals surface area contributed by atoms with Crippen molar-refractivity contribution in [3.05, 3.63) is 42.2 Å². The molecule has 1 aromatic heterocycles. The molecule has 0 saturated heterocycles. The fourth-order valence-electron chi connectivity index (χ4n) is 3.21. The molecule has 0 amide bonds. The molecule has 1 aliphatic heterocycles. The van der Waals surface area contributed by atoms with E-state index in [1.54, 1.807) is 24.3 Å². The summed E-state index contributed by atoms with van der Waals surface area (Å²) in [5.74, 6) is -0.906. The second kappa shape index (κ2) is 7.44. The van der Waals surface area contributed by atoms with Gasteiger partial charge in [-0.05, 0) is 24.1 Å². The van der Waals surface area contributed by atoms with Gasteiger partial charge in [0.2, 0.25) is 0 Å². The zero-order valence-corrected chi connectivity index (χ0v) is 15.9. The van der Waals surface area contributed by atoms with Crippen molar-refractivity contribution in [2.24, 2.45) is 4.99 Å². The fourth-order valence-corrected chi connectivity index (χ4v) is 5.41. The molecule has 11 heteroatoms. The van der Waals surface area contributed by atoms with E-state index in [-0.39, 0.29) is 0 Å². The van der Waals surface area contributed by atoms with Crippen molar-refractivity contribution in [2.45, 2.75) is 42.7 Å². The molecule has 144 valence electrons. The third kappa shape index (κ3) is 3.89. The van der Waals surface area contributed by atoms with Crippen molar-refractivity contribution in [3.63, 3.8) is 0 Å². The molecule has 1 aromatic rings. The summed E-state index contributed by atoms with van der Waals surface area (Å²) in [5.41, 5.74) is -0.527. The third-order valence-corrected chi connectivity index (χ3v) is 8.33. The SMILES string of the molecule is CCCC1(C(CC(O)(P(=O)(O)O)P(=O)(O)O)c2cccnc2)C=CC=N1. The van der Waals surface area contributed by atoms with Crippen molar-refractivity contribution >= 4 is 21.4 Å². The Balaban J connectivity index is 2.62. The quantitative estimate of drug-likeness (QED) is 0.410. The number of pyridine rings is 1. The third-order valence-electron chi connectivity index (χ3n) is 4.54. The predicted molar refractivity (Wildman–Crippen MR) is 95.9 cm³/mol. The lowest BCUT2D eigenvalue weighted by Crippen LogP contribution is -2.39. The van der Waals surface area contributed by atoms with Crippen LogP contribution in [-0.4, -0.2) is 46.5 Å². The van der Waals surface area contributed by atoms with Crippen molar-refractivity contribution in [2.75, 3.05) is 0 Å². The summed E-state index contributed by atoms with van der Waals surface area (Å²) >= 11 is 0. The molecule has 0 bridgehead atoms. The standard InChI is InChI=1S/C15H22N2O7P2/c1-2-6-14(7-4-9-17-14)13(12-5-3-8-16-11-12)10-15(18,25(19,20)21)26(22,23)24/h3-5,7-9,11,13,18H,2,6,10H2,1H3,(H2,19,20,21)(H2,22,23,24). The van der Waals surface area contributed by atoms with Gasteiger partial charge in [0.25, 0.3) is 5.08 Å². The van der Waals surface area contributed by atoms with Crippen LogP contribution >= 0.6 is 15.2 Å². The van der Waals surface area contributed by atoms with Gasteiger partial charge in [-0.2, -0.15) is 0 Å². The Bertz CT molecular complexity index is 750. The van der Waals surface area contributed by atoms with Crippen molar-refractivity contribution in [1.82, 2.24) is 4.98 Å². The summed E-state index contributed by atoms with van der Waals surface area (Å²) in [6.07, 6.45) is 8.06. The second-order valence-electron chi connectivity index (χ2n) is 6.28. The van der Waals surface area contributed by atoms with E-state index in [9.17, 15) is 33.8 Å². The van der Waals surface area contributed by atoms with Crippen LogP contribution in [0.5, 0.6) is 0 Å². The number of hydrogen-bond acceptors (Lipinski definition) is 5. The zero-order chi connectivity index (χ0) is 19.6. The van der Waals surface area contributed by atoms with Crippen LogP contribution in [0.2, 0.25) is 0 Å². The fraction of sp³-hybridized carbons (Fsp3) is 0.467. The van der Waals surface area contributed by atoms with E-state index in [1.165, 1.54) is 18.6 Å². The van der Waals surface area contributed by atoms with Crippen LogP contribution < -0.4 is 0 Å². The highest BCUT2D eigenvalue weighted by Crippen LogP contribution is 2.71. The van der Waals surface area contributed by atoms with Gasteiger partial charge in [0.1, 0.15) is 0 Å². The first kappa shape index (κ1) is 21.1. The Morgan fingerprint density at radius 3 is 2.31 bits per heavy atom. The minimum atomic E-state index is -5.58. The van der Waals surface area contributed by atoms with E-state index in [4.69, 9.17) is 0 Å². The Morgan fingerprint density at radius 1 is 1.23 bits per heavy atom. The van der Waals surface area contributed by atoms with Gasteiger partial charge in [0.15, 0.2) is 0 Å². The van der Waals surface area contributed by atoms with Gasteiger partial charge < -0.3 is 24.7 Å². The van der Waals surface area contributed by atoms with Gasteiger partial charge in [0, 0.05) is 30.9 Å². The molecule has 5 N–H and O–H groups in total. The van der Waals surface area contributed by atoms with Crippen molar-refractivity contribution in [3.8, 4) is 0 Å². The number of aliphatic imine (C=N–C) groups is 1. The lowest BCUT2D eigenvalue weighted by molar-refractivity contribution is 0.108. The summed E-state index contributed by atoms with van der Waals surface area (Å²) in [6, 6.07) is 3.22. The van der Waals surface area contributed by atoms with Gasteiger partial charge in [-0.25, -0.2) is 0 Å².